The molecule has 3 rings (SSSR count). The maximum absolute atomic E-state index is 12.3. The van der Waals surface area contributed by atoms with Gasteiger partial charge in [0.15, 0.2) is 0 Å². The van der Waals surface area contributed by atoms with Gasteiger partial charge in [0.25, 0.3) is 0 Å². The third-order valence-corrected chi connectivity index (χ3v) is 6.54. The van der Waals surface area contributed by atoms with E-state index in [1.165, 1.54) is 55.0 Å². The molecule has 30 heavy (non-hydrogen) atoms. The summed E-state index contributed by atoms with van der Waals surface area (Å²) in [6, 6.07) is 8.78. The van der Waals surface area contributed by atoms with E-state index in [1.807, 2.05) is 0 Å². The van der Waals surface area contributed by atoms with E-state index < -0.39 is 0 Å². The summed E-state index contributed by atoms with van der Waals surface area (Å²) in [7, 11) is 0. The lowest BCUT2D eigenvalue weighted by molar-refractivity contribution is -0.903. The number of aromatic nitrogens is 2. The standard InChI is InChI=1S/C23H35N5OS/c1-18(2)28(15-11-22(29)24-12-16-27-13-5-4-6-14-27)23-25-21(26-30-23)17-20-9-7-19(3)8-10-20/h7-10,18H,4-6,11-17H2,1-3H3,(H,24,29)/p+1. The van der Waals surface area contributed by atoms with Gasteiger partial charge in [-0.3, -0.25) is 4.79 Å². The largest absolute Gasteiger partial charge is 0.350 e. The van der Waals surface area contributed by atoms with Crippen LogP contribution in [0.4, 0.5) is 5.13 Å². The summed E-state index contributed by atoms with van der Waals surface area (Å²) in [6.45, 7) is 11.3. The molecule has 2 N–H and O–H groups in total. The molecule has 1 saturated heterocycles. The fourth-order valence-electron chi connectivity index (χ4n) is 3.89. The molecule has 1 fully saturated rings. The topological polar surface area (TPSA) is 62.6 Å². The first-order valence-electron chi connectivity index (χ1n) is 11.3. The molecule has 1 aromatic carbocycles. The van der Waals surface area contributed by atoms with Crippen molar-refractivity contribution in [1.29, 1.82) is 0 Å². The number of nitrogens with zero attached hydrogens (tertiary/aromatic N) is 3. The summed E-state index contributed by atoms with van der Waals surface area (Å²) in [6.07, 6.45) is 5.22. The molecule has 7 heteroatoms. The van der Waals surface area contributed by atoms with Crippen LogP contribution in [0.15, 0.2) is 24.3 Å². The summed E-state index contributed by atoms with van der Waals surface area (Å²) in [5, 5.41) is 4.00. The van der Waals surface area contributed by atoms with Gasteiger partial charge in [0.1, 0.15) is 5.82 Å². The van der Waals surface area contributed by atoms with Gasteiger partial charge in [0.05, 0.1) is 26.2 Å². The maximum atomic E-state index is 12.3. The highest BCUT2D eigenvalue weighted by Crippen LogP contribution is 2.21. The minimum Gasteiger partial charge on any atom is -0.350 e. The van der Waals surface area contributed by atoms with Crippen molar-refractivity contribution in [2.24, 2.45) is 0 Å². The van der Waals surface area contributed by atoms with E-state index in [9.17, 15) is 4.79 Å². The van der Waals surface area contributed by atoms with E-state index in [2.05, 4.69) is 59.6 Å². The van der Waals surface area contributed by atoms with Crippen LogP contribution in [-0.4, -0.2) is 54.0 Å². The zero-order valence-corrected chi connectivity index (χ0v) is 19.4. The molecular formula is C23H36N5OS+. The Morgan fingerprint density at radius 3 is 2.63 bits per heavy atom. The summed E-state index contributed by atoms with van der Waals surface area (Å²) >= 11 is 1.43. The Morgan fingerprint density at radius 2 is 1.93 bits per heavy atom. The lowest BCUT2D eigenvalue weighted by atomic mass is 10.1. The fourth-order valence-corrected chi connectivity index (χ4v) is 4.73. The van der Waals surface area contributed by atoms with Crippen LogP contribution in [-0.2, 0) is 11.2 Å². The minimum atomic E-state index is 0.126. The highest BCUT2D eigenvalue weighted by molar-refractivity contribution is 7.09. The molecule has 1 aliphatic heterocycles. The van der Waals surface area contributed by atoms with Crippen molar-refractivity contribution < 1.29 is 9.69 Å². The summed E-state index contributed by atoms with van der Waals surface area (Å²) in [5.74, 6) is 0.972. The normalized spacial score (nSPS) is 14.8. The second-order valence-corrected chi connectivity index (χ2v) is 9.33. The van der Waals surface area contributed by atoms with Gasteiger partial charge in [0.2, 0.25) is 11.0 Å². The van der Waals surface area contributed by atoms with Crippen LogP contribution in [0.3, 0.4) is 0 Å². The number of rotatable bonds is 10. The Bertz CT molecular complexity index is 783. The van der Waals surface area contributed by atoms with Gasteiger partial charge in [0, 0.05) is 37.0 Å². The molecule has 2 aromatic rings. The highest BCUT2D eigenvalue weighted by Gasteiger charge is 2.18. The number of carbonyl (C=O) groups is 1. The highest BCUT2D eigenvalue weighted by atomic mass is 32.1. The molecule has 0 aliphatic carbocycles. The first kappa shape index (κ1) is 22.7. The molecule has 0 spiro atoms. The smallest absolute Gasteiger partial charge is 0.221 e. The first-order chi connectivity index (χ1) is 14.5. The number of amides is 1. The van der Waals surface area contributed by atoms with Crippen molar-refractivity contribution in [3.05, 3.63) is 41.2 Å². The summed E-state index contributed by atoms with van der Waals surface area (Å²) in [5.41, 5.74) is 2.48. The summed E-state index contributed by atoms with van der Waals surface area (Å²) in [4.78, 5) is 20.9. The number of aryl methyl sites for hydroxylation is 1. The molecule has 1 aliphatic rings. The number of hydrogen-bond donors (Lipinski definition) is 2. The van der Waals surface area contributed by atoms with Gasteiger partial charge in [-0.25, -0.2) is 4.98 Å². The molecule has 1 aromatic heterocycles. The Kier molecular flexibility index (Phi) is 8.63. The van der Waals surface area contributed by atoms with Gasteiger partial charge in [-0.05, 0) is 45.6 Å². The number of carbonyl (C=O) groups excluding carboxylic acids is 1. The Labute approximate surface area is 184 Å². The number of quaternary nitrogens is 1. The molecule has 2 heterocycles. The summed E-state index contributed by atoms with van der Waals surface area (Å²) < 4.78 is 4.55. The van der Waals surface area contributed by atoms with Crippen LogP contribution >= 0.6 is 11.5 Å². The lowest BCUT2D eigenvalue weighted by Gasteiger charge is -2.25. The van der Waals surface area contributed by atoms with E-state index in [0.717, 1.165) is 30.5 Å². The predicted octanol–water partition coefficient (Wildman–Crippen LogP) is 2.23. The number of benzene rings is 1. The van der Waals surface area contributed by atoms with Gasteiger partial charge in [-0.2, -0.15) is 4.37 Å². The average molecular weight is 431 g/mol. The lowest BCUT2D eigenvalue weighted by Crippen LogP contribution is -3.13. The second-order valence-electron chi connectivity index (χ2n) is 8.60. The van der Waals surface area contributed by atoms with Crippen LogP contribution < -0.4 is 15.1 Å². The van der Waals surface area contributed by atoms with Crippen LogP contribution in [0.2, 0.25) is 0 Å². The third-order valence-electron chi connectivity index (χ3n) is 5.75. The Balaban J connectivity index is 1.46. The molecule has 0 saturated carbocycles. The van der Waals surface area contributed by atoms with Crippen molar-refractivity contribution in [2.75, 3.05) is 37.6 Å². The van der Waals surface area contributed by atoms with Crippen molar-refractivity contribution in [1.82, 2.24) is 14.7 Å². The van der Waals surface area contributed by atoms with Gasteiger partial charge in [-0.1, -0.05) is 29.8 Å². The SMILES string of the molecule is Cc1ccc(Cc2nsc(N(CCC(=O)NCC[NH+]3CCCCC3)C(C)C)n2)cc1. The fraction of sp³-hybridized carbons (Fsp3) is 0.609. The number of nitrogens with one attached hydrogen (secondary N) is 2. The zero-order chi connectivity index (χ0) is 21.3. The molecule has 0 bridgehead atoms. The Hall–Kier alpha value is -1.99. The number of piperidine rings is 1. The van der Waals surface area contributed by atoms with Crippen LogP contribution in [0, 0.1) is 6.92 Å². The van der Waals surface area contributed by atoms with E-state index in [1.54, 1.807) is 4.90 Å². The molecule has 6 nitrogen and oxygen atoms in total. The van der Waals surface area contributed by atoms with Crippen LogP contribution in [0.5, 0.6) is 0 Å². The monoisotopic (exact) mass is 430 g/mol. The Morgan fingerprint density at radius 1 is 1.20 bits per heavy atom. The number of anilines is 1. The van der Waals surface area contributed by atoms with Crippen molar-refractivity contribution in [3.63, 3.8) is 0 Å². The average Bonchev–Trinajstić information content (AvgIpc) is 3.18. The van der Waals surface area contributed by atoms with E-state index >= 15 is 0 Å². The minimum absolute atomic E-state index is 0.126. The van der Waals surface area contributed by atoms with E-state index in [4.69, 9.17) is 4.98 Å². The van der Waals surface area contributed by atoms with Crippen molar-refractivity contribution in [3.8, 4) is 0 Å². The maximum Gasteiger partial charge on any atom is 0.221 e. The first-order valence-corrected chi connectivity index (χ1v) is 12.0. The zero-order valence-electron chi connectivity index (χ0n) is 18.6. The number of likely N-dealkylation sites (tertiary alicyclic amines) is 1. The molecule has 0 atom stereocenters. The van der Waals surface area contributed by atoms with Crippen LogP contribution in [0.25, 0.3) is 0 Å². The van der Waals surface area contributed by atoms with E-state index in [0.29, 0.717) is 13.0 Å². The molecule has 0 unspecified atom stereocenters. The predicted molar refractivity (Wildman–Crippen MR) is 123 cm³/mol. The van der Waals surface area contributed by atoms with Crippen molar-refractivity contribution in [2.45, 2.75) is 58.9 Å². The molecular weight excluding hydrogens is 394 g/mol. The number of hydrogen-bond acceptors (Lipinski definition) is 5. The van der Waals surface area contributed by atoms with Gasteiger partial charge >= 0.3 is 0 Å². The van der Waals surface area contributed by atoms with Gasteiger partial charge in [-0.15, -0.1) is 0 Å². The second kappa shape index (κ2) is 11.4. The quantitative estimate of drug-likeness (QED) is 0.607. The molecule has 0 radical (unpaired) electrons. The van der Waals surface area contributed by atoms with Crippen molar-refractivity contribution >= 4 is 22.6 Å². The third kappa shape index (κ3) is 7.06. The van der Waals surface area contributed by atoms with Crippen LogP contribution in [0.1, 0.15) is 56.5 Å². The molecule has 164 valence electrons. The molecule has 1 amide bonds. The van der Waals surface area contributed by atoms with Gasteiger partial charge < -0.3 is 15.1 Å². The van der Waals surface area contributed by atoms with E-state index in [-0.39, 0.29) is 11.9 Å².